The van der Waals surface area contributed by atoms with E-state index in [2.05, 4.69) is 56.3 Å². The molecule has 0 saturated heterocycles. The number of halogens is 1. The van der Waals surface area contributed by atoms with Crippen molar-refractivity contribution >= 4 is 15.9 Å². The molecule has 0 aliphatic heterocycles. The van der Waals surface area contributed by atoms with Crippen LogP contribution in [0.25, 0.3) is 0 Å². The van der Waals surface area contributed by atoms with Gasteiger partial charge in [-0.3, -0.25) is 0 Å². The van der Waals surface area contributed by atoms with Gasteiger partial charge in [-0.25, -0.2) is 4.98 Å². The number of imidazole rings is 1. The summed E-state index contributed by atoms with van der Waals surface area (Å²) in [6.45, 7) is 2.16. The Morgan fingerprint density at radius 2 is 2.32 bits per heavy atom. The normalized spacial score (nSPS) is 20.0. The Bertz CT molecular complexity index is 551. The van der Waals surface area contributed by atoms with E-state index in [1.807, 2.05) is 6.20 Å². The molecule has 1 aromatic heterocycles. The first-order valence-corrected chi connectivity index (χ1v) is 7.54. The minimum absolute atomic E-state index is 0.275. The first kappa shape index (κ1) is 12.9. The van der Waals surface area contributed by atoms with E-state index in [1.54, 1.807) is 6.20 Å². The number of benzene rings is 1. The summed E-state index contributed by atoms with van der Waals surface area (Å²) in [4.78, 5) is 7.49. The number of rotatable bonds is 3. The van der Waals surface area contributed by atoms with Crippen molar-refractivity contribution in [2.24, 2.45) is 0 Å². The minimum Gasteiger partial charge on any atom is -0.347 e. The Hall–Kier alpha value is -1.13. The number of hydrogen-bond donors (Lipinski definition) is 2. The zero-order valence-corrected chi connectivity index (χ0v) is 12.6. The molecule has 3 rings (SSSR count). The lowest BCUT2D eigenvalue weighted by Crippen LogP contribution is -2.36. The van der Waals surface area contributed by atoms with E-state index in [9.17, 15) is 0 Å². The Kier molecular flexibility index (Phi) is 3.71. The number of hydrogen-bond acceptors (Lipinski definition) is 2. The number of nitrogens with zero attached hydrogens (tertiary/aromatic N) is 1. The van der Waals surface area contributed by atoms with Crippen LogP contribution in [0.15, 0.2) is 35.1 Å². The summed E-state index contributed by atoms with van der Waals surface area (Å²) in [5, 5.41) is 3.67. The van der Waals surface area contributed by atoms with Crippen molar-refractivity contribution in [3.63, 3.8) is 0 Å². The number of nitrogens with one attached hydrogen (secondary N) is 2. The van der Waals surface area contributed by atoms with E-state index >= 15 is 0 Å². The first-order valence-electron chi connectivity index (χ1n) is 6.75. The first-order chi connectivity index (χ1) is 9.22. The third kappa shape index (κ3) is 2.90. The van der Waals surface area contributed by atoms with Crippen LogP contribution in [0, 0.1) is 0 Å². The van der Waals surface area contributed by atoms with E-state index < -0.39 is 0 Å². The predicted octanol–water partition coefficient (Wildman–Crippen LogP) is 3.38. The molecule has 0 fully saturated rings. The summed E-state index contributed by atoms with van der Waals surface area (Å²) in [5.74, 6) is 1.02. The highest BCUT2D eigenvalue weighted by Gasteiger charge is 2.21. The van der Waals surface area contributed by atoms with Crippen molar-refractivity contribution in [2.45, 2.75) is 38.3 Å². The van der Waals surface area contributed by atoms with Gasteiger partial charge in [0.15, 0.2) is 0 Å². The van der Waals surface area contributed by atoms with Crippen LogP contribution in [0.3, 0.4) is 0 Å². The molecule has 2 aromatic rings. The predicted molar refractivity (Wildman–Crippen MR) is 80.1 cm³/mol. The highest BCUT2D eigenvalue weighted by molar-refractivity contribution is 9.10. The summed E-state index contributed by atoms with van der Waals surface area (Å²) in [5.41, 5.74) is 2.96. The molecule has 2 N–H and O–H groups in total. The molecule has 2 atom stereocenters. The number of aryl methyl sites for hydroxylation is 1. The fraction of sp³-hybridized carbons (Fsp3) is 0.400. The van der Waals surface area contributed by atoms with Crippen LogP contribution < -0.4 is 5.32 Å². The fourth-order valence-corrected chi connectivity index (χ4v) is 3.22. The summed E-state index contributed by atoms with van der Waals surface area (Å²) in [7, 11) is 0. The zero-order valence-electron chi connectivity index (χ0n) is 11.0. The Morgan fingerprint density at radius 1 is 1.42 bits per heavy atom. The van der Waals surface area contributed by atoms with Crippen LogP contribution >= 0.6 is 15.9 Å². The summed E-state index contributed by atoms with van der Waals surface area (Å²) >= 11 is 3.54. The van der Waals surface area contributed by atoms with E-state index in [0.29, 0.717) is 6.04 Å². The molecule has 3 nitrogen and oxygen atoms in total. The highest BCUT2D eigenvalue weighted by Crippen LogP contribution is 2.25. The van der Waals surface area contributed by atoms with Gasteiger partial charge in [-0.2, -0.15) is 0 Å². The van der Waals surface area contributed by atoms with Crippen LogP contribution in [0.1, 0.15) is 36.3 Å². The molecule has 2 unspecified atom stereocenters. The van der Waals surface area contributed by atoms with Gasteiger partial charge < -0.3 is 10.3 Å². The number of aromatic nitrogens is 2. The van der Waals surface area contributed by atoms with Gasteiger partial charge >= 0.3 is 0 Å². The molecule has 19 heavy (non-hydrogen) atoms. The SMILES string of the molecule is CC(NC1CCc2cc(Br)ccc2C1)c1ncc[nH]1. The molecular weight excluding hydrogens is 302 g/mol. The average molecular weight is 320 g/mol. The molecule has 0 saturated carbocycles. The van der Waals surface area contributed by atoms with Gasteiger partial charge in [0, 0.05) is 22.9 Å². The third-order valence-corrected chi connectivity index (χ3v) is 4.31. The number of aromatic amines is 1. The van der Waals surface area contributed by atoms with Gasteiger partial charge in [0.2, 0.25) is 0 Å². The van der Waals surface area contributed by atoms with Crippen LogP contribution in [0.4, 0.5) is 0 Å². The topological polar surface area (TPSA) is 40.7 Å². The summed E-state index contributed by atoms with van der Waals surface area (Å²) < 4.78 is 1.18. The van der Waals surface area contributed by atoms with Gasteiger partial charge in [-0.1, -0.05) is 22.0 Å². The van der Waals surface area contributed by atoms with Crippen molar-refractivity contribution in [3.05, 3.63) is 52.0 Å². The largest absolute Gasteiger partial charge is 0.347 e. The van der Waals surface area contributed by atoms with Gasteiger partial charge in [-0.05, 0) is 49.4 Å². The molecule has 0 bridgehead atoms. The molecule has 0 amide bonds. The van der Waals surface area contributed by atoms with Gasteiger partial charge in [0.05, 0.1) is 6.04 Å². The monoisotopic (exact) mass is 319 g/mol. The lowest BCUT2D eigenvalue weighted by molar-refractivity contribution is 0.405. The second kappa shape index (κ2) is 5.47. The van der Waals surface area contributed by atoms with Crippen molar-refractivity contribution in [1.82, 2.24) is 15.3 Å². The maximum Gasteiger partial charge on any atom is 0.122 e. The molecule has 1 heterocycles. The maximum absolute atomic E-state index is 4.31. The maximum atomic E-state index is 4.31. The average Bonchev–Trinajstić information content (AvgIpc) is 2.93. The van der Waals surface area contributed by atoms with Gasteiger partial charge in [-0.15, -0.1) is 0 Å². The van der Waals surface area contributed by atoms with E-state index in [4.69, 9.17) is 0 Å². The smallest absolute Gasteiger partial charge is 0.122 e. The molecular formula is C15H18BrN3. The third-order valence-electron chi connectivity index (χ3n) is 3.81. The molecule has 1 aliphatic rings. The summed E-state index contributed by atoms with van der Waals surface area (Å²) in [6.07, 6.45) is 7.13. The van der Waals surface area contributed by atoms with Crippen molar-refractivity contribution in [1.29, 1.82) is 0 Å². The second-order valence-electron chi connectivity index (χ2n) is 5.22. The molecule has 100 valence electrons. The van der Waals surface area contributed by atoms with Crippen LogP contribution in [-0.4, -0.2) is 16.0 Å². The van der Waals surface area contributed by atoms with Gasteiger partial charge in [0.25, 0.3) is 0 Å². The molecule has 1 aromatic carbocycles. The van der Waals surface area contributed by atoms with E-state index in [0.717, 1.165) is 18.7 Å². The fourth-order valence-electron chi connectivity index (χ4n) is 2.81. The number of H-pyrrole nitrogens is 1. The van der Waals surface area contributed by atoms with E-state index in [1.165, 1.54) is 22.0 Å². The summed E-state index contributed by atoms with van der Waals surface area (Å²) in [6, 6.07) is 7.44. The highest BCUT2D eigenvalue weighted by atomic mass is 79.9. The standard InChI is InChI=1S/C15H18BrN3/c1-10(15-17-6-7-18-15)19-14-5-3-11-8-13(16)4-2-12(11)9-14/h2,4,6-8,10,14,19H,3,5,9H2,1H3,(H,17,18). The number of fused-ring (bicyclic) bond motifs is 1. The van der Waals surface area contributed by atoms with Crippen LogP contribution in [-0.2, 0) is 12.8 Å². The molecule has 4 heteroatoms. The zero-order chi connectivity index (χ0) is 13.2. The molecule has 1 aliphatic carbocycles. The lowest BCUT2D eigenvalue weighted by Gasteiger charge is -2.28. The molecule has 0 spiro atoms. The van der Waals surface area contributed by atoms with Crippen LogP contribution in [0.2, 0.25) is 0 Å². The van der Waals surface area contributed by atoms with E-state index in [-0.39, 0.29) is 6.04 Å². The Balaban J connectivity index is 1.67. The van der Waals surface area contributed by atoms with Crippen molar-refractivity contribution in [3.8, 4) is 0 Å². The molecule has 0 radical (unpaired) electrons. The quantitative estimate of drug-likeness (QED) is 0.910. The van der Waals surface area contributed by atoms with Crippen LogP contribution in [0.5, 0.6) is 0 Å². The Morgan fingerprint density at radius 3 is 3.11 bits per heavy atom. The Labute approximate surface area is 122 Å². The van der Waals surface area contributed by atoms with Crippen molar-refractivity contribution in [2.75, 3.05) is 0 Å². The second-order valence-corrected chi connectivity index (χ2v) is 6.13. The van der Waals surface area contributed by atoms with Gasteiger partial charge in [0.1, 0.15) is 5.82 Å². The van der Waals surface area contributed by atoms with Crippen molar-refractivity contribution < 1.29 is 0 Å². The minimum atomic E-state index is 0.275. The lowest BCUT2D eigenvalue weighted by atomic mass is 9.88.